The van der Waals surface area contributed by atoms with Gasteiger partial charge in [0.25, 0.3) is 0 Å². The zero-order valence-electron chi connectivity index (χ0n) is 13.5. The largest absolute Gasteiger partial charge is 0.480 e. The molecule has 5 heteroatoms. The Balaban J connectivity index is 2.82. The summed E-state index contributed by atoms with van der Waals surface area (Å²) < 4.78 is 0. The summed E-state index contributed by atoms with van der Waals surface area (Å²) >= 11 is 0. The third-order valence-electron chi connectivity index (χ3n) is 3.71. The molecule has 21 heavy (non-hydrogen) atoms. The fourth-order valence-electron chi connectivity index (χ4n) is 2.48. The molecule has 0 aliphatic heterocycles. The molecular weight excluding hydrogens is 266 g/mol. The second kappa shape index (κ2) is 8.12. The predicted octanol–water partition coefficient (Wildman–Crippen LogP) is 1.07. The van der Waals surface area contributed by atoms with Crippen LogP contribution in [0.4, 0.5) is 0 Å². The Labute approximate surface area is 127 Å². The highest BCUT2D eigenvalue weighted by Gasteiger charge is 2.39. The van der Waals surface area contributed by atoms with Crippen LogP contribution in [0.2, 0.25) is 0 Å². The van der Waals surface area contributed by atoms with Gasteiger partial charge < -0.3 is 20.2 Å². The summed E-state index contributed by atoms with van der Waals surface area (Å²) in [5.41, 5.74) is -0.298. The molecule has 118 valence electrons. The zero-order valence-corrected chi connectivity index (χ0v) is 13.5. The van der Waals surface area contributed by atoms with Crippen molar-refractivity contribution in [3.8, 4) is 0 Å². The lowest BCUT2D eigenvalue weighted by Gasteiger charge is -2.34. The van der Waals surface area contributed by atoms with Gasteiger partial charge in [-0.1, -0.05) is 30.3 Å². The number of nitrogens with zero attached hydrogens (tertiary/aromatic N) is 2. The van der Waals surface area contributed by atoms with Gasteiger partial charge in [0.1, 0.15) is 0 Å². The van der Waals surface area contributed by atoms with Gasteiger partial charge >= 0.3 is 5.97 Å². The Hall–Kier alpha value is -1.43. The number of carboxylic acid groups (broad SMARTS) is 1. The molecule has 0 bridgehead atoms. The molecule has 5 nitrogen and oxygen atoms in total. The summed E-state index contributed by atoms with van der Waals surface area (Å²) in [7, 11) is 7.75. The summed E-state index contributed by atoms with van der Waals surface area (Å²) in [5.74, 6) is -0.851. The van der Waals surface area contributed by atoms with Crippen molar-refractivity contribution in [3.05, 3.63) is 35.9 Å². The van der Waals surface area contributed by atoms with E-state index in [2.05, 4.69) is 15.1 Å². The summed E-state index contributed by atoms with van der Waals surface area (Å²) in [5, 5.41) is 12.8. The molecule has 1 aromatic carbocycles. The second-order valence-corrected chi connectivity index (χ2v) is 5.72. The van der Waals surface area contributed by atoms with Gasteiger partial charge in [-0.25, -0.2) is 4.79 Å². The van der Waals surface area contributed by atoms with Gasteiger partial charge in [-0.2, -0.15) is 0 Å². The van der Waals surface area contributed by atoms with Gasteiger partial charge in [0.2, 0.25) is 0 Å². The summed E-state index contributed by atoms with van der Waals surface area (Å²) in [6, 6.07) is 9.36. The van der Waals surface area contributed by atoms with Crippen LogP contribution in [0.1, 0.15) is 12.0 Å². The Kier molecular flexibility index (Phi) is 6.81. The molecule has 2 N–H and O–H groups in total. The number of nitrogens with one attached hydrogen (secondary N) is 1. The van der Waals surface area contributed by atoms with Gasteiger partial charge in [0.05, 0.1) is 0 Å². The van der Waals surface area contributed by atoms with Crippen molar-refractivity contribution in [1.29, 1.82) is 0 Å². The van der Waals surface area contributed by atoms with E-state index < -0.39 is 11.5 Å². The van der Waals surface area contributed by atoms with E-state index in [1.54, 1.807) is 7.05 Å². The highest BCUT2D eigenvalue weighted by molar-refractivity contribution is 5.81. The third kappa shape index (κ3) is 4.81. The second-order valence-electron chi connectivity index (χ2n) is 5.72. The highest BCUT2D eigenvalue weighted by atomic mass is 16.4. The molecule has 0 heterocycles. The van der Waals surface area contributed by atoms with E-state index in [9.17, 15) is 9.90 Å². The number of likely N-dealkylation sites (N-methyl/N-ethyl adjacent to an activating group) is 2. The number of carbonyl (C=O) groups is 1. The number of benzene rings is 1. The van der Waals surface area contributed by atoms with Gasteiger partial charge in [0.15, 0.2) is 5.54 Å². The van der Waals surface area contributed by atoms with E-state index >= 15 is 0 Å². The van der Waals surface area contributed by atoms with Crippen LogP contribution < -0.4 is 5.32 Å². The minimum absolute atomic E-state index is 0.427. The molecule has 1 aromatic rings. The van der Waals surface area contributed by atoms with E-state index in [1.807, 2.05) is 51.5 Å². The molecule has 0 aromatic heterocycles. The van der Waals surface area contributed by atoms with Gasteiger partial charge in [-0.15, -0.1) is 0 Å². The molecule has 0 saturated heterocycles. The first kappa shape index (κ1) is 17.6. The summed E-state index contributed by atoms with van der Waals surface area (Å²) in [4.78, 5) is 16.1. The number of carboxylic acids is 1. The lowest BCUT2D eigenvalue weighted by atomic mass is 9.89. The van der Waals surface area contributed by atoms with E-state index in [4.69, 9.17) is 0 Å². The minimum Gasteiger partial charge on any atom is -0.480 e. The Morgan fingerprint density at radius 2 is 1.81 bits per heavy atom. The fourth-order valence-corrected chi connectivity index (χ4v) is 2.48. The quantitative estimate of drug-likeness (QED) is 0.713. The number of hydrogen-bond donors (Lipinski definition) is 2. The van der Waals surface area contributed by atoms with Crippen LogP contribution in [0.3, 0.4) is 0 Å². The summed E-state index contributed by atoms with van der Waals surface area (Å²) in [6.07, 6.45) is 1.01. The molecule has 0 fully saturated rings. The van der Waals surface area contributed by atoms with Crippen molar-refractivity contribution in [2.75, 3.05) is 47.8 Å². The monoisotopic (exact) mass is 293 g/mol. The number of aliphatic carboxylic acids is 1. The van der Waals surface area contributed by atoms with E-state index in [1.165, 1.54) is 0 Å². The summed E-state index contributed by atoms with van der Waals surface area (Å²) in [6.45, 7) is 2.29. The predicted molar refractivity (Wildman–Crippen MR) is 85.5 cm³/mol. The van der Waals surface area contributed by atoms with Crippen LogP contribution in [-0.2, 0) is 10.3 Å². The van der Waals surface area contributed by atoms with Crippen molar-refractivity contribution in [1.82, 2.24) is 15.1 Å². The number of hydrogen-bond acceptors (Lipinski definition) is 4. The van der Waals surface area contributed by atoms with Crippen LogP contribution >= 0.6 is 0 Å². The van der Waals surface area contributed by atoms with E-state index in [-0.39, 0.29) is 0 Å². The first-order chi connectivity index (χ1) is 9.92. The SMILES string of the molecule is CNC(CN(C)CCCN(C)C)(C(=O)O)c1ccccc1. The van der Waals surface area contributed by atoms with Gasteiger partial charge in [-0.3, -0.25) is 0 Å². The molecule has 0 saturated carbocycles. The molecular formula is C16H27N3O2. The van der Waals surface area contributed by atoms with Crippen molar-refractivity contribution in [3.63, 3.8) is 0 Å². The van der Waals surface area contributed by atoms with E-state index in [0.29, 0.717) is 6.54 Å². The molecule has 0 aliphatic rings. The zero-order chi connectivity index (χ0) is 15.9. The smallest absolute Gasteiger partial charge is 0.329 e. The van der Waals surface area contributed by atoms with Crippen LogP contribution in [0.5, 0.6) is 0 Å². The fraction of sp³-hybridized carbons (Fsp3) is 0.562. The molecule has 0 spiro atoms. The molecule has 1 atom stereocenters. The van der Waals surface area contributed by atoms with Crippen molar-refractivity contribution >= 4 is 5.97 Å². The van der Waals surface area contributed by atoms with Crippen molar-refractivity contribution in [2.24, 2.45) is 0 Å². The maximum absolute atomic E-state index is 11.9. The molecule has 0 radical (unpaired) electrons. The third-order valence-corrected chi connectivity index (χ3v) is 3.71. The standard InChI is InChI=1S/C16H27N3O2/c1-17-16(15(20)21,14-9-6-5-7-10-14)13-19(4)12-8-11-18(2)3/h5-7,9-10,17H,8,11-13H2,1-4H3,(H,20,21). The lowest BCUT2D eigenvalue weighted by Crippen LogP contribution is -2.54. The highest BCUT2D eigenvalue weighted by Crippen LogP contribution is 2.22. The Morgan fingerprint density at radius 3 is 2.29 bits per heavy atom. The first-order valence-corrected chi connectivity index (χ1v) is 7.23. The minimum atomic E-state index is -1.08. The Morgan fingerprint density at radius 1 is 1.19 bits per heavy atom. The maximum atomic E-state index is 11.9. The average Bonchev–Trinajstić information content (AvgIpc) is 2.45. The van der Waals surface area contributed by atoms with Crippen LogP contribution in [-0.4, -0.2) is 68.7 Å². The number of rotatable bonds is 9. The topological polar surface area (TPSA) is 55.8 Å². The van der Waals surface area contributed by atoms with Gasteiger partial charge in [-0.05, 0) is 53.3 Å². The van der Waals surface area contributed by atoms with Crippen molar-refractivity contribution in [2.45, 2.75) is 12.0 Å². The molecule has 0 aliphatic carbocycles. The average molecular weight is 293 g/mol. The van der Waals surface area contributed by atoms with Crippen LogP contribution in [0.25, 0.3) is 0 Å². The molecule has 1 rings (SSSR count). The molecule has 1 unspecified atom stereocenters. The lowest BCUT2D eigenvalue weighted by molar-refractivity contribution is -0.146. The maximum Gasteiger partial charge on any atom is 0.329 e. The first-order valence-electron chi connectivity index (χ1n) is 7.23. The van der Waals surface area contributed by atoms with Crippen LogP contribution in [0.15, 0.2) is 30.3 Å². The van der Waals surface area contributed by atoms with Crippen molar-refractivity contribution < 1.29 is 9.90 Å². The molecule has 0 amide bonds. The van der Waals surface area contributed by atoms with E-state index in [0.717, 1.165) is 25.1 Å². The normalized spacial score (nSPS) is 14.4. The van der Waals surface area contributed by atoms with Gasteiger partial charge in [0, 0.05) is 6.54 Å². The van der Waals surface area contributed by atoms with Crippen LogP contribution in [0, 0.1) is 0 Å². The Bertz CT molecular complexity index is 436.